The first-order valence-corrected chi connectivity index (χ1v) is 7.72. The normalized spacial score (nSPS) is 21.9. The van der Waals surface area contributed by atoms with E-state index in [0.717, 1.165) is 19.4 Å². The van der Waals surface area contributed by atoms with Crippen LogP contribution in [0, 0.1) is 0 Å². The number of rotatable bonds is 5. The fraction of sp³-hybridized carbons (Fsp3) is 0.769. The van der Waals surface area contributed by atoms with Gasteiger partial charge in [-0.1, -0.05) is 6.92 Å². The summed E-state index contributed by atoms with van der Waals surface area (Å²) in [5, 5.41) is 5.23. The Morgan fingerprint density at radius 1 is 1.59 bits per heavy atom. The van der Waals surface area contributed by atoms with E-state index in [0.29, 0.717) is 5.25 Å². The first-order chi connectivity index (χ1) is 8.24. The minimum Gasteiger partial charge on any atom is -0.326 e. The van der Waals surface area contributed by atoms with Crippen LogP contribution in [-0.4, -0.2) is 26.8 Å². The van der Waals surface area contributed by atoms with E-state index in [1.165, 1.54) is 30.0 Å². The average molecular weight is 253 g/mol. The molecular weight excluding hydrogens is 230 g/mol. The average Bonchev–Trinajstić information content (AvgIpc) is 2.97. The lowest BCUT2D eigenvalue weighted by molar-refractivity contribution is 0.554. The molecule has 4 heteroatoms. The lowest BCUT2D eigenvalue weighted by atomic mass is 10.0. The highest BCUT2D eigenvalue weighted by Gasteiger charge is 2.23. The van der Waals surface area contributed by atoms with Gasteiger partial charge in [0.25, 0.3) is 0 Å². The van der Waals surface area contributed by atoms with Gasteiger partial charge in [-0.3, -0.25) is 4.68 Å². The van der Waals surface area contributed by atoms with E-state index in [2.05, 4.69) is 29.7 Å². The molecule has 96 valence electrons. The van der Waals surface area contributed by atoms with Gasteiger partial charge in [0.1, 0.15) is 0 Å². The molecule has 0 amide bonds. The fourth-order valence-electron chi connectivity index (χ4n) is 2.44. The molecule has 2 unspecified atom stereocenters. The van der Waals surface area contributed by atoms with Gasteiger partial charge in [-0.05, 0) is 38.0 Å². The van der Waals surface area contributed by atoms with Crippen LogP contribution in [0.2, 0.25) is 0 Å². The quantitative estimate of drug-likeness (QED) is 0.875. The minimum atomic E-state index is 0.286. The number of nitrogens with zero attached hydrogens (tertiary/aromatic N) is 2. The van der Waals surface area contributed by atoms with Crippen LogP contribution in [-0.2, 0) is 19.4 Å². The Morgan fingerprint density at radius 2 is 2.41 bits per heavy atom. The Morgan fingerprint density at radius 3 is 3.00 bits per heavy atom. The van der Waals surface area contributed by atoms with Crippen molar-refractivity contribution in [2.75, 3.05) is 5.75 Å². The van der Waals surface area contributed by atoms with E-state index >= 15 is 0 Å². The molecule has 0 spiro atoms. The first-order valence-electron chi connectivity index (χ1n) is 6.67. The van der Waals surface area contributed by atoms with Crippen molar-refractivity contribution >= 4 is 11.8 Å². The predicted molar refractivity (Wildman–Crippen MR) is 74.4 cm³/mol. The van der Waals surface area contributed by atoms with E-state index in [4.69, 9.17) is 5.73 Å². The van der Waals surface area contributed by atoms with Crippen molar-refractivity contribution in [3.8, 4) is 0 Å². The third-order valence-corrected chi connectivity index (χ3v) is 5.00. The second-order valence-corrected chi connectivity index (χ2v) is 6.06. The maximum Gasteiger partial charge on any atom is 0.0624 e. The standard InChI is InChI=1S/C13H23N3S/c1-3-10-8-11(16(4-2)15-10)9-12(14)13-6-5-7-17-13/h8,12-13H,3-7,9,14H2,1-2H3. The number of aryl methyl sites for hydroxylation is 2. The zero-order valence-electron chi connectivity index (χ0n) is 10.9. The summed E-state index contributed by atoms with van der Waals surface area (Å²) in [5.74, 6) is 1.28. The molecule has 0 saturated carbocycles. The summed E-state index contributed by atoms with van der Waals surface area (Å²) < 4.78 is 2.11. The van der Waals surface area contributed by atoms with Crippen molar-refractivity contribution in [2.24, 2.45) is 5.73 Å². The van der Waals surface area contributed by atoms with E-state index in [1.807, 2.05) is 11.8 Å². The third-order valence-electron chi connectivity index (χ3n) is 3.46. The Kier molecular flexibility index (Phi) is 4.51. The summed E-state index contributed by atoms with van der Waals surface area (Å²) in [6.45, 7) is 5.24. The predicted octanol–water partition coefficient (Wildman–Crippen LogP) is 2.23. The van der Waals surface area contributed by atoms with E-state index in [-0.39, 0.29) is 6.04 Å². The molecule has 17 heavy (non-hydrogen) atoms. The summed E-state index contributed by atoms with van der Waals surface area (Å²) in [5.41, 5.74) is 8.82. The molecule has 1 aromatic heterocycles. The summed E-state index contributed by atoms with van der Waals surface area (Å²) in [6, 6.07) is 2.51. The third kappa shape index (κ3) is 3.05. The smallest absolute Gasteiger partial charge is 0.0624 e. The number of aromatic nitrogens is 2. The maximum absolute atomic E-state index is 6.32. The number of nitrogens with two attached hydrogens (primary N) is 1. The molecule has 1 aliphatic heterocycles. The van der Waals surface area contributed by atoms with Gasteiger partial charge < -0.3 is 5.73 Å². The van der Waals surface area contributed by atoms with E-state index in [9.17, 15) is 0 Å². The molecule has 2 N–H and O–H groups in total. The van der Waals surface area contributed by atoms with Crippen LogP contribution in [0.4, 0.5) is 0 Å². The molecule has 2 atom stereocenters. The van der Waals surface area contributed by atoms with Gasteiger partial charge in [-0.25, -0.2) is 0 Å². The molecule has 3 nitrogen and oxygen atoms in total. The second kappa shape index (κ2) is 5.91. The molecule has 1 fully saturated rings. The Labute approximate surface area is 108 Å². The van der Waals surface area contributed by atoms with E-state index < -0.39 is 0 Å². The maximum atomic E-state index is 6.32. The van der Waals surface area contributed by atoms with Gasteiger partial charge >= 0.3 is 0 Å². The topological polar surface area (TPSA) is 43.8 Å². The van der Waals surface area contributed by atoms with Crippen LogP contribution in [0.3, 0.4) is 0 Å². The van der Waals surface area contributed by atoms with Gasteiger partial charge in [0, 0.05) is 30.0 Å². The lowest BCUT2D eigenvalue weighted by Gasteiger charge is -2.18. The van der Waals surface area contributed by atoms with Crippen molar-refractivity contribution in [2.45, 2.75) is 57.4 Å². The zero-order valence-corrected chi connectivity index (χ0v) is 11.7. The monoisotopic (exact) mass is 253 g/mol. The van der Waals surface area contributed by atoms with Crippen molar-refractivity contribution < 1.29 is 0 Å². The second-order valence-electron chi connectivity index (χ2n) is 4.72. The van der Waals surface area contributed by atoms with Crippen LogP contribution < -0.4 is 5.73 Å². The van der Waals surface area contributed by atoms with Crippen molar-refractivity contribution in [1.29, 1.82) is 0 Å². The largest absolute Gasteiger partial charge is 0.326 e. The molecule has 0 aliphatic carbocycles. The van der Waals surface area contributed by atoms with Crippen LogP contribution in [0.15, 0.2) is 6.07 Å². The van der Waals surface area contributed by atoms with Crippen LogP contribution in [0.5, 0.6) is 0 Å². The van der Waals surface area contributed by atoms with Gasteiger partial charge in [0.15, 0.2) is 0 Å². The number of hydrogen-bond donors (Lipinski definition) is 1. The molecule has 0 bridgehead atoms. The summed E-state index contributed by atoms with van der Waals surface area (Å²) in [7, 11) is 0. The summed E-state index contributed by atoms with van der Waals surface area (Å²) in [6.07, 6.45) is 4.59. The van der Waals surface area contributed by atoms with Crippen molar-refractivity contribution in [3.63, 3.8) is 0 Å². The van der Waals surface area contributed by atoms with E-state index in [1.54, 1.807) is 0 Å². The highest BCUT2D eigenvalue weighted by molar-refractivity contribution is 8.00. The SMILES string of the molecule is CCc1cc(CC(N)C2CCCS2)n(CC)n1. The highest BCUT2D eigenvalue weighted by Crippen LogP contribution is 2.29. The highest BCUT2D eigenvalue weighted by atomic mass is 32.2. The number of thioether (sulfide) groups is 1. The molecule has 1 aromatic rings. The molecule has 2 heterocycles. The Bertz CT molecular complexity index is 356. The minimum absolute atomic E-state index is 0.286. The molecule has 0 radical (unpaired) electrons. The van der Waals surface area contributed by atoms with Gasteiger partial charge in [-0.2, -0.15) is 16.9 Å². The molecular formula is C13H23N3S. The van der Waals surface area contributed by atoms with Crippen molar-refractivity contribution in [1.82, 2.24) is 9.78 Å². The van der Waals surface area contributed by atoms with Gasteiger partial charge in [0.05, 0.1) is 5.69 Å². The summed E-state index contributed by atoms with van der Waals surface area (Å²) >= 11 is 2.04. The zero-order chi connectivity index (χ0) is 12.3. The Balaban J connectivity index is 2.03. The summed E-state index contributed by atoms with van der Waals surface area (Å²) in [4.78, 5) is 0. The molecule has 1 saturated heterocycles. The lowest BCUT2D eigenvalue weighted by Crippen LogP contribution is -2.33. The molecule has 0 aromatic carbocycles. The number of hydrogen-bond acceptors (Lipinski definition) is 3. The Hall–Kier alpha value is -0.480. The van der Waals surface area contributed by atoms with Crippen LogP contribution in [0.1, 0.15) is 38.1 Å². The van der Waals surface area contributed by atoms with Crippen molar-refractivity contribution in [3.05, 3.63) is 17.5 Å². The van der Waals surface area contributed by atoms with Crippen LogP contribution >= 0.6 is 11.8 Å². The fourth-order valence-corrected chi connectivity index (χ4v) is 3.75. The van der Waals surface area contributed by atoms with Crippen LogP contribution in [0.25, 0.3) is 0 Å². The van der Waals surface area contributed by atoms with Gasteiger partial charge in [0.2, 0.25) is 0 Å². The van der Waals surface area contributed by atoms with Gasteiger partial charge in [-0.15, -0.1) is 0 Å². The molecule has 1 aliphatic rings. The molecule has 2 rings (SSSR count). The first kappa shape index (κ1) is 13.0.